The van der Waals surface area contributed by atoms with Crippen molar-refractivity contribution in [2.24, 2.45) is 10.7 Å². The van der Waals surface area contributed by atoms with Gasteiger partial charge in [-0.05, 0) is 43.5 Å². The van der Waals surface area contributed by atoms with E-state index in [1.807, 2.05) is 9.80 Å². The van der Waals surface area contributed by atoms with Crippen molar-refractivity contribution in [3.63, 3.8) is 0 Å². The van der Waals surface area contributed by atoms with Crippen LogP contribution in [0.15, 0.2) is 29.3 Å². The van der Waals surface area contributed by atoms with Gasteiger partial charge in [0.1, 0.15) is 5.82 Å². The number of nitrogens with two attached hydrogens (primary N) is 1. The maximum absolute atomic E-state index is 13.0. The van der Waals surface area contributed by atoms with Gasteiger partial charge in [0, 0.05) is 51.4 Å². The lowest BCUT2D eigenvalue weighted by atomic mass is 10.1. The molecule has 0 bridgehead atoms. The summed E-state index contributed by atoms with van der Waals surface area (Å²) in [6.45, 7) is 5.37. The second-order valence-corrected chi connectivity index (χ2v) is 6.88. The molecule has 0 saturated carbocycles. The third kappa shape index (κ3) is 4.86. The number of hydrogen-bond acceptors (Lipinski definition) is 3. The van der Waals surface area contributed by atoms with Gasteiger partial charge in [-0.1, -0.05) is 0 Å². The molecule has 2 aliphatic heterocycles. The molecule has 26 heavy (non-hydrogen) atoms. The number of hydrogen-bond donors (Lipinski definition) is 1. The lowest BCUT2D eigenvalue weighted by molar-refractivity contribution is -0.131. The molecule has 2 aliphatic rings. The van der Waals surface area contributed by atoms with Crippen LogP contribution in [0.5, 0.6) is 0 Å². The summed E-state index contributed by atoms with van der Waals surface area (Å²) in [6, 6.07) is 6.57. The van der Waals surface area contributed by atoms with Gasteiger partial charge in [0.25, 0.3) is 0 Å². The number of aliphatic imine (C=N–C) groups is 1. The van der Waals surface area contributed by atoms with Crippen LogP contribution in [0.3, 0.4) is 0 Å². The van der Waals surface area contributed by atoms with Crippen LogP contribution < -0.4 is 10.6 Å². The Kier molecular flexibility index (Phi) is 6.30. The first kappa shape index (κ1) is 18.5. The molecule has 2 fully saturated rings. The molecule has 0 aromatic heterocycles. The fraction of sp³-hybridized carbons (Fsp3) is 0.579. The predicted octanol–water partition coefficient (Wildman–Crippen LogP) is 1.66. The normalized spacial score (nSPS) is 19.0. The Labute approximate surface area is 154 Å². The second kappa shape index (κ2) is 8.87. The molecule has 0 aliphatic carbocycles. The minimum Gasteiger partial charge on any atom is -0.370 e. The van der Waals surface area contributed by atoms with Gasteiger partial charge in [-0.15, -0.1) is 0 Å². The van der Waals surface area contributed by atoms with Gasteiger partial charge in [-0.2, -0.15) is 0 Å². The van der Waals surface area contributed by atoms with Crippen LogP contribution in [0.2, 0.25) is 0 Å². The molecule has 6 nitrogen and oxygen atoms in total. The van der Waals surface area contributed by atoms with Crippen LogP contribution in [0.1, 0.15) is 25.7 Å². The summed E-state index contributed by atoms with van der Waals surface area (Å²) in [7, 11) is 0. The van der Waals surface area contributed by atoms with Gasteiger partial charge in [-0.25, -0.2) is 4.39 Å². The van der Waals surface area contributed by atoms with Crippen molar-refractivity contribution < 1.29 is 9.18 Å². The quantitative estimate of drug-likeness (QED) is 0.654. The number of halogens is 1. The predicted molar refractivity (Wildman–Crippen MR) is 102 cm³/mol. The lowest BCUT2D eigenvalue weighted by Gasteiger charge is -2.36. The summed E-state index contributed by atoms with van der Waals surface area (Å²) in [5.74, 6) is 0.473. The Bertz CT molecular complexity index is 619. The average molecular weight is 361 g/mol. The summed E-state index contributed by atoms with van der Waals surface area (Å²) in [5, 5.41) is 0. The van der Waals surface area contributed by atoms with Crippen LogP contribution >= 0.6 is 0 Å². The highest BCUT2D eigenvalue weighted by Crippen LogP contribution is 2.17. The molecule has 7 heteroatoms. The third-order valence-electron chi connectivity index (χ3n) is 5.10. The van der Waals surface area contributed by atoms with Crippen molar-refractivity contribution in [2.45, 2.75) is 25.7 Å². The molecule has 0 radical (unpaired) electrons. The minimum atomic E-state index is -0.220. The Morgan fingerprint density at radius 2 is 1.62 bits per heavy atom. The molecule has 1 aromatic carbocycles. The van der Waals surface area contributed by atoms with Crippen molar-refractivity contribution in [3.05, 3.63) is 30.1 Å². The number of benzene rings is 1. The van der Waals surface area contributed by atoms with Gasteiger partial charge in [0.05, 0.1) is 6.54 Å². The first-order valence-corrected chi connectivity index (χ1v) is 9.46. The summed E-state index contributed by atoms with van der Waals surface area (Å²) < 4.78 is 13.0. The van der Waals surface area contributed by atoms with Crippen LogP contribution in [0, 0.1) is 5.82 Å². The Morgan fingerprint density at radius 3 is 2.27 bits per heavy atom. The van der Waals surface area contributed by atoms with E-state index in [4.69, 9.17) is 5.73 Å². The molecule has 0 atom stereocenters. The van der Waals surface area contributed by atoms with Crippen molar-refractivity contribution in [2.75, 3.05) is 50.7 Å². The van der Waals surface area contributed by atoms with E-state index in [0.29, 0.717) is 18.9 Å². The SMILES string of the molecule is NC(=NCCC(=O)N1CCCCC1)N1CCN(c2ccc(F)cc2)CC1. The Morgan fingerprint density at radius 1 is 0.962 bits per heavy atom. The zero-order valence-electron chi connectivity index (χ0n) is 15.2. The molecule has 2 saturated heterocycles. The highest BCUT2D eigenvalue weighted by molar-refractivity contribution is 5.80. The largest absolute Gasteiger partial charge is 0.370 e. The van der Waals surface area contributed by atoms with Crippen molar-refractivity contribution in [3.8, 4) is 0 Å². The molecular formula is C19H28FN5O. The van der Waals surface area contributed by atoms with Crippen LogP contribution in [-0.4, -0.2) is 67.5 Å². The van der Waals surface area contributed by atoms with Gasteiger partial charge in [-0.3, -0.25) is 9.79 Å². The number of piperidine rings is 1. The lowest BCUT2D eigenvalue weighted by Crippen LogP contribution is -2.51. The van der Waals surface area contributed by atoms with Gasteiger partial charge in [0.2, 0.25) is 5.91 Å². The van der Waals surface area contributed by atoms with E-state index >= 15 is 0 Å². The number of likely N-dealkylation sites (tertiary alicyclic amines) is 1. The van der Waals surface area contributed by atoms with Crippen LogP contribution in [0.25, 0.3) is 0 Å². The molecule has 3 rings (SSSR count). The van der Waals surface area contributed by atoms with Crippen LogP contribution in [-0.2, 0) is 4.79 Å². The summed E-state index contributed by atoms with van der Waals surface area (Å²) in [6.07, 6.45) is 3.86. The van der Waals surface area contributed by atoms with E-state index in [-0.39, 0.29) is 11.7 Å². The number of carbonyl (C=O) groups is 1. The molecule has 1 amide bonds. The van der Waals surface area contributed by atoms with E-state index in [2.05, 4.69) is 9.89 Å². The van der Waals surface area contributed by atoms with Crippen LogP contribution in [0.4, 0.5) is 10.1 Å². The van der Waals surface area contributed by atoms with Gasteiger partial charge < -0.3 is 20.4 Å². The van der Waals surface area contributed by atoms with Crippen molar-refractivity contribution >= 4 is 17.6 Å². The zero-order chi connectivity index (χ0) is 18.4. The Balaban J connectivity index is 1.42. The Hall–Kier alpha value is -2.31. The van der Waals surface area contributed by atoms with E-state index in [9.17, 15) is 9.18 Å². The average Bonchev–Trinajstić information content (AvgIpc) is 2.69. The van der Waals surface area contributed by atoms with Crippen molar-refractivity contribution in [1.82, 2.24) is 9.80 Å². The monoisotopic (exact) mass is 361 g/mol. The highest BCUT2D eigenvalue weighted by atomic mass is 19.1. The number of guanidine groups is 1. The number of rotatable bonds is 4. The molecule has 0 unspecified atom stereocenters. The molecule has 0 spiro atoms. The number of nitrogens with zero attached hydrogens (tertiary/aromatic N) is 4. The van der Waals surface area contributed by atoms with E-state index < -0.39 is 0 Å². The number of amides is 1. The summed E-state index contributed by atoms with van der Waals surface area (Å²) in [5.41, 5.74) is 7.12. The number of carbonyl (C=O) groups excluding carboxylic acids is 1. The second-order valence-electron chi connectivity index (χ2n) is 6.88. The smallest absolute Gasteiger partial charge is 0.224 e. The summed E-state index contributed by atoms with van der Waals surface area (Å²) in [4.78, 5) is 22.7. The number of anilines is 1. The van der Waals surface area contributed by atoms with Gasteiger partial charge in [0.15, 0.2) is 5.96 Å². The maximum atomic E-state index is 13.0. The first-order valence-electron chi connectivity index (χ1n) is 9.46. The first-order chi connectivity index (χ1) is 12.6. The maximum Gasteiger partial charge on any atom is 0.224 e. The molecule has 1 aromatic rings. The fourth-order valence-electron chi connectivity index (χ4n) is 3.51. The number of piperazine rings is 1. The zero-order valence-corrected chi connectivity index (χ0v) is 15.2. The van der Waals surface area contributed by atoms with E-state index in [0.717, 1.165) is 57.8 Å². The summed E-state index contributed by atoms with van der Waals surface area (Å²) >= 11 is 0. The van der Waals surface area contributed by atoms with E-state index in [1.54, 1.807) is 12.1 Å². The molecule has 2 N–H and O–H groups in total. The molecule has 2 heterocycles. The van der Waals surface area contributed by atoms with E-state index in [1.165, 1.54) is 18.6 Å². The molecular weight excluding hydrogens is 333 g/mol. The highest BCUT2D eigenvalue weighted by Gasteiger charge is 2.19. The third-order valence-corrected chi connectivity index (χ3v) is 5.10. The standard InChI is InChI=1S/C19H28FN5O/c20-16-4-6-17(7-5-16)23-12-14-25(15-13-23)19(21)22-9-8-18(26)24-10-2-1-3-11-24/h4-7H,1-3,8-15H2,(H2,21,22). The fourth-order valence-corrected chi connectivity index (χ4v) is 3.51. The topological polar surface area (TPSA) is 65.2 Å². The van der Waals surface area contributed by atoms with Crippen molar-refractivity contribution in [1.29, 1.82) is 0 Å². The minimum absolute atomic E-state index is 0.183. The van der Waals surface area contributed by atoms with Gasteiger partial charge >= 0.3 is 0 Å². The molecule has 142 valence electrons.